The van der Waals surface area contributed by atoms with Crippen LogP contribution in [0.3, 0.4) is 0 Å². The lowest BCUT2D eigenvalue weighted by atomic mass is 10.4. The molecule has 0 bridgehead atoms. The van der Waals surface area contributed by atoms with E-state index in [0.717, 1.165) is 0 Å². The van der Waals surface area contributed by atoms with E-state index in [-0.39, 0.29) is 6.10 Å². The van der Waals surface area contributed by atoms with E-state index < -0.39 is 21.2 Å². The van der Waals surface area contributed by atoms with Gasteiger partial charge in [0.2, 0.25) is 9.68 Å². The van der Waals surface area contributed by atoms with Crippen LogP contribution in [-0.2, 0) is 14.2 Å². The summed E-state index contributed by atoms with van der Waals surface area (Å²) in [6, 6.07) is 0. The molecule has 0 aromatic heterocycles. The second-order valence-corrected chi connectivity index (χ2v) is 5.49. The number of hydrogen-bond acceptors (Lipinski definition) is 4. The summed E-state index contributed by atoms with van der Waals surface area (Å²) < 4.78 is 16.9. The normalized spacial score (nSPS) is 14.5. The third kappa shape index (κ3) is 3.45. The van der Waals surface area contributed by atoms with Crippen molar-refractivity contribution in [2.24, 2.45) is 0 Å². The Morgan fingerprint density at radius 2 is 1.87 bits per heavy atom. The van der Waals surface area contributed by atoms with Gasteiger partial charge in [-0.1, -0.05) is 0 Å². The number of carbonyl (C=O) groups is 1. The zero-order valence-corrected chi connectivity index (χ0v) is 11.2. The summed E-state index contributed by atoms with van der Waals surface area (Å²) in [7, 11) is 4.71. The monoisotopic (exact) mass is 237 g/mol. The predicted octanol–water partition coefficient (Wildman–Crippen LogP) is -0.339. The Labute approximate surface area is 92.0 Å². The highest BCUT2D eigenvalue weighted by Crippen LogP contribution is 2.18. The minimum Gasteiger partial charge on any atom is -0.465 e. The molecular formula is C8H19NO5Si. The van der Waals surface area contributed by atoms with Gasteiger partial charge in [0, 0.05) is 28.4 Å². The minimum atomic E-state index is -1.30. The molecule has 0 radical (unpaired) electrons. The van der Waals surface area contributed by atoms with Crippen molar-refractivity contribution < 1.29 is 24.1 Å². The summed E-state index contributed by atoms with van der Waals surface area (Å²) in [5.74, 6) is 0. The Kier molecular flexibility index (Phi) is 5.80. The number of rotatable bonds is 6. The maximum Gasteiger partial charge on any atom is 0.398 e. The molecule has 0 saturated heterocycles. The van der Waals surface area contributed by atoms with Gasteiger partial charge in [-0.3, -0.25) is 0 Å². The van der Waals surface area contributed by atoms with Crippen molar-refractivity contribution in [1.29, 1.82) is 0 Å². The second kappa shape index (κ2) is 6.06. The fourth-order valence-electron chi connectivity index (χ4n) is 1.25. The molecule has 0 spiro atoms. The Morgan fingerprint density at radius 3 is 2.13 bits per heavy atom. The highest BCUT2D eigenvalue weighted by atomic mass is 28.2. The smallest absolute Gasteiger partial charge is 0.398 e. The van der Waals surface area contributed by atoms with Crippen molar-refractivity contribution >= 4 is 15.8 Å². The fraction of sp³-hybridized carbons (Fsp3) is 0.875. The van der Waals surface area contributed by atoms with E-state index in [9.17, 15) is 4.79 Å². The van der Waals surface area contributed by atoms with Crippen LogP contribution in [0, 0.1) is 0 Å². The van der Waals surface area contributed by atoms with Gasteiger partial charge in [0.05, 0.1) is 0 Å². The van der Waals surface area contributed by atoms with Gasteiger partial charge in [0.1, 0.15) is 6.10 Å². The standard InChI is InChI=1S/C8H19NO5Si/c1-6(12-3)8(13-4,14-5)15-9(2)7(10)11/h6H,15H2,1-5H3,(H,10,11). The number of nitrogens with zero attached hydrogens (tertiary/aromatic N) is 1. The number of hydrogen-bond donors (Lipinski definition) is 1. The molecule has 0 fully saturated rings. The molecule has 0 saturated carbocycles. The molecule has 0 rings (SSSR count). The van der Waals surface area contributed by atoms with Crippen LogP contribution in [-0.4, -0.2) is 65.3 Å². The maximum absolute atomic E-state index is 10.7. The third-order valence-corrected chi connectivity index (χ3v) is 4.79. The zero-order chi connectivity index (χ0) is 12.1. The van der Waals surface area contributed by atoms with E-state index in [4.69, 9.17) is 19.3 Å². The van der Waals surface area contributed by atoms with Crippen LogP contribution >= 0.6 is 0 Å². The number of ether oxygens (including phenoxy) is 3. The molecule has 1 unspecified atom stereocenters. The van der Waals surface area contributed by atoms with Crippen LogP contribution < -0.4 is 0 Å². The third-order valence-electron chi connectivity index (χ3n) is 2.45. The van der Waals surface area contributed by atoms with Gasteiger partial charge in [0.25, 0.3) is 0 Å². The van der Waals surface area contributed by atoms with Gasteiger partial charge in [0.15, 0.2) is 5.41 Å². The molecule has 0 aromatic carbocycles. The molecule has 0 aliphatic heterocycles. The number of carboxylic acid groups (broad SMARTS) is 1. The first kappa shape index (κ1) is 14.4. The molecule has 7 heteroatoms. The average Bonchev–Trinajstić information content (AvgIpc) is 2.24. The second-order valence-electron chi connectivity index (χ2n) is 3.24. The van der Waals surface area contributed by atoms with Crippen molar-refractivity contribution in [3.05, 3.63) is 0 Å². The molecule has 15 heavy (non-hydrogen) atoms. The molecule has 90 valence electrons. The molecule has 1 atom stereocenters. The quantitative estimate of drug-likeness (QED) is 0.506. The van der Waals surface area contributed by atoms with Crippen LogP contribution in [0.4, 0.5) is 4.79 Å². The van der Waals surface area contributed by atoms with E-state index in [0.29, 0.717) is 0 Å². The predicted molar refractivity (Wildman–Crippen MR) is 57.6 cm³/mol. The molecule has 6 nitrogen and oxygen atoms in total. The average molecular weight is 237 g/mol. The van der Waals surface area contributed by atoms with Gasteiger partial charge in [-0.05, 0) is 6.92 Å². The van der Waals surface area contributed by atoms with Crippen LogP contribution in [0.25, 0.3) is 0 Å². The lowest BCUT2D eigenvalue weighted by Gasteiger charge is -2.37. The van der Waals surface area contributed by atoms with E-state index in [1.54, 1.807) is 6.92 Å². The van der Waals surface area contributed by atoms with Gasteiger partial charge in [-0.25, -0.2) is 4.79 Å². The summed E-state index contributed by atoms with van der Waals surface area (Å²) in [6.07, 6.45) is -1.30. The van der Waals surface area contributed by atoms with Crippen molar-refractivity contribution in [1.82, 2.24) is 4.57 Å². The molecular weight excluding hydrogens is 218 g/mol. The topological polar surface area (TPSA) is 68.2 Å². The van der Waals surface area contributed by atoms with Gasteiger partial charge in [-0.15, -0.1) is 0 Å². The Morgan fingerprint density at radius 1 is 1.40 bits per heavy atom. The largest absolute Gasteiger partial charge is 0.465 e. The molecule has 1 N–H and O–H groups in total. The highest BCUT2D eigenvalue weighted by Gasteiger charge is 2.39. The molecule has 0 aromatic rings. The first-order chi connectivity index (χ1) is 6.93. The first-order valence-corrected chi connectivity index (χ1v) is 5.84. The SMILES string of the molecule is COC(C)C(OC)(OC)[SiH2]N(C)C(=O)O. The lowest BCUT2D eigenvalue weighted by molar-refractivity contribution is -0.207. The van der Waals surface area contributed by atoms with Crippen molar-refractivity contribution in [2.75, 3.05) is 28.4 Å². The van der Waals surface area contributed by atoms with Crippen LogP contribution in [0.2, 0.25) is 0 Å². The fourth-order valence-corrected chi connectivity index (χ4v) is 2.73. The van der Waals surface area contributed by atoms with E-state index in [2.05, 4.69) is 0 Å². The van der Waals surface area contributed by atoms with E-state index >= 15 is 0 Å². The number of amides is 1. The van der Waals surface area contributed by atoms with Crippen LogP contribution in [0.5, 0.6) is 0 Å². The van der Waals surface area contributed by atoms with Gasteiger partial charge in [-0.2, -0.15) is 0 Å². The highest BCUT2D eigenvalue weighted by molar-refractivity contribution is 6.39. The van der Waals surface area contributed by atoms with Crippen LogP contribution in [0.1, 0.15) is 6.92 Å². The first-order valence-electron chi connectivity index (χ1n) is 4.50. The van der Waals surface area contributed by atoms with E-state index in [1.807, 2.05) is 0 Å². The summed E-state index contributed by atoms with van der Waals surface area (Å²) in [5.41, 5.74) is -0.943. The summed E-state index contributed by atoms with van der Waals surface area (Å²) in [6.45, 7) is 1.79. The van der Waals surface area contributed by atoms with Gasteiger partial charge >= 0.3 is 6.09 Å². The number of methoxy groups -OCH3 is 3. The van der Waals surface area contributed by atoms with E-state index in [1.165, 1.54) is 32.9 Å². The van der Waals surface area contributed by atoms with Crippen LogP contribution in [0.15, 0.2) is 0 Å². The van der Waals surface area contributed by atoms with Crippen molar-refractivity contribution in [3.63, 3.8) is 0 Å². The summed E-state index contributed by atoms with van der Waals surface area (Å²) in [4.78, 5) is 10.7. The maximum atomic E-state index is 10.7. The summed E-state index contributed by atoms with van der Waals surface area (Å²) in [5, 5.41) is 8.80. The Balaban J connectivity index is 4.70. The molecule has 0 aliphatic rings. The van der Waals surface area contributed by atoms with Crippen molar-refractivity contribution in [2.45, 2.75) is 18.4 Å². The lowest BCUT2D eigenvalue weighted by Crippen LogP contribution is -2.56. The molecule has 0 aliphatic carbocycles. The molecule has 0 heterocycles. The zero-order valence-electron chi connectivity index (χ0n) is 9.81. The van der Waals surface area contributed by atoms with Gasteiger partial charge < -0.3 is 23.9 Å². The minimum absolute atomic E-state index is 0.319. The van der Waals surface area contributed by atoms with Crippen molar-refractivity contribution in [3.8, 4) is 0 Å². The molecule has 1 amide bonds. The summed E-state index contributed by atoms with van der Waals surface area (Å²) >= 11 is 0. The Hall–Kier alpha value is -0.633. The Bertz CT molecular complexity index is 209.